The van der Waals surface area contributed by atoms with Crippen LogP contribution in [0.5, 0.6) is 0 Å². The third kappa shape index (κ3) is 4.37. The van der Waals surface area contributed by atoms with Gasteiger partial charge in [0.15, 0.2) is 0 Å². The summed E-state index contributed by atoms with van der Waals surface area (Å²) in [6.45, 7) is 7.48. The molecule has 1 aliphatic heterocycles. The molecule has 0 aromatic heterocycles. The molecule has 1 atom stereocenters. The summed E-state index contributed by atoms with van der Waals surface area (Å²) in [5, 5.41) is 9.10. The minimum absolute atomic E-state index is 0.222. The second-order valence-corrected chi connectivity index (χ2v) is 4.29. The quantitative estimate of drug-likeness (QED) is 0.715. The molecule has 4 heteroatoms. The molecule has 96 valence electrons. The Balaban J connectivity index is 2.41. The third-order valence-electron chi connectivity index (χ3n) is 3.26. The fraction of sp³-hybridized carbons (Fsp3) is 1.00. The minimum atomic E-state index is 0.222. The monoisotopic (exact) mass is 231 g/mol. The Morgan fingerprint density at radius 3 is 2.62 bits per heavy atom. The highest BCUT2D eigenvalue weighted by Crippen LogP contribution is 2.13. The van der Waals surface area contributed by atoms with Gasteiger partial charge in [0.05, 0.1) is 19.3 Å². The number of aliphatic hydroxyl groups is 1. The molecule has 1 unspecified atom stereocenters. The Labute approximate surface area is 98.5 Å². The van der Waals surface area contributed by atoms with E-state index in [0.717, 1.165) is 39.0 Å². The van der Waals surface area contributed by atoms with Crippen molar-refractivity contribution in [2.24, 2.45) is 0 Å². The van der Waals surface area contributed by atoms with Crippen molar-refractivity contribution in [1.29, 1.82) is 0 Å². The van der Waals surface area contributed by atoms with Crippen molar-refractivity contribution >= 4 is 0 Å². The van der Waals surface area contributed by atoms with Crippen LogP contribution in [0, 0.1) is 0 Å². The van der Waals surface area contributed by atoms with Gasteiger partial charge >= 0.3 is 0 Å². The van der Waals surface area contributed by atoms with Crippen molar-refractivity contribution in [2.45, 2.75) is 45.3 Å². The number of rotatable bonds is 7. The average Bonchev–Trinajstić information content (AvgIpc) is 2.32. The van der Waals surface area contributed by atoms with E-state index in [-0.39, 0.29) is 12.7 Å². The smallest absolute Gasteiger partial charge is 0.147 e. The molecule has 0 amide bonds. The zero-order chi connectivity index (χ0) is 11.8. The highest BCUT2D eigenvalue weighted by molar-refractivity contribution is 4.74. The molecule has 1 rings (SSSR count). The molecule has 0 spiro atoms. The van der Waals surface area contributed by atoms with Crippen LogP contribution in [-0.4, -0.2) is 55.2 Å². The topological polar surface area (TPSA) is 41.9 Å². The van der Waals surface area contributed by atoms with E-state index in [9.17, 15) is 0 Å². The van der Waals surface area contributed by atoms with Gasteiger partial charge < -0.3 is 14.6 Å². The fourth-order valence-corrected chi connectivity index (χ4v) is 2.26. The second kappa shape index (κ2) is 8.01. The molecule has 1 aliphatic rings. The number of ether oxygens (including phenoxy) is 2. The van der Waals surface area contributed by atoms with Crippen LogP contribution >= 0.6 is 0 Å². The van der Waals surface area contributed by atoms with Crippen molar-refractivity contribution in [3.63, 3.8) is 0 Å². The zero-order valence-corrected chi connectivity index (χ0v) is 10.5. The normalized spacial score (nSPS) is 21.9. The number of hydrogen-bond donors (Lipinski definition) is 1. The van der Waals surface area contributed by atoms with E-state index >= 15 is 0 Å². The fourth-order valence-electron chi connectivity index (χ4n) is 2.26. The van der Waals surface area contributed by atoms with Crippen LogP contribution in [0.2, 0.25) is 0 Å². The predicted octanol–water partition coefficient (Wildman–Crippen LogP) is 1.23. The molecule has 4 nitrogen and oxygen atoms in total. The van der Waals surface area contributed by atoms with Crippen LogP contribution < -0.4 is 0 Å². The maximum atomic E-state index is 9.10. The van der Waals surface area contributed by atoms with E-state index in [0.29, 0.717) is 12.8 Å². The van der Waals surface area contributed by atoms with Crippen LogP contribution in [0.25, 0.3) is 0 Å². The summed E-state index contributed by atoms with van der Waals surface area (Å²) >= 11 is 0. The van der Waals surface area contributed by atoms with Gasteiger partial charge in [0.1, 0.15) is 6.79 Å². The number of aliphatic hydroxyl groups excluding tert-OH is 1. The molecule has 0 aliphatic carbocycles. The first kappa shape index (κ1) is 13.9. The Bertz CT molecular complexity index is 168. The molecule has 0 saturated carbocycles. The molecule has 0 aromatic carbocycles. The highest BCUT2D eigenvalue weighted by Gasteiger charge is 2.21. The van der Waals surface area contributed by atoms with Gasteiger partial charge in [-0.25, -0.2) is 0 Å². The summed E-state index contributed by atoms with van der Waals surface area (Å²) in [5.74, 6) is 0. The van der Waals surface area contributed by atoms with Gasteiger partial charge in [-0.1, -0.05) is 13.8 Å². The first-order valence-corrected chi connectivity index (χ1v) is 6.36. The zero-order valence-electron chi connectivity index (χ0n) is 10.5. The molecule has 0 aromatic rings. The molecular weight excluding hydrogens is 206 g/mol. The van der Waals surface area contributed by atoms with Crippen molar-refractivity contribution in [3.05, 3.63) is 0 Å². The van der Waals surface area contributed by atoms with Crippen molar-refractivity contribution < 1.29 is 14.6 Å². The predicted molar refractivity (Wildman–Crippen MR) is 63.3 cm³/mol. The lowest BCUT2D eigenvalue weighted by Crippen LogP contribution is -2.44. The molecular formula is C12H25NO3. The molecule has 0 radical (unpaired) electrons. The van der Waals surface area contributed by atoms with Crippen LogP contribution in [0.3, 0.4) is 0 Å². The summed E-state index contributed by atoms with van der Waals surface area (Å²) in [7, 11) is 0. The highest BCUT2D eigenvalue weighted by atomic mass is 16.7. The molecule has 1 fully saturated rings. The molecule has 1 heterocycles. The van der Waals surface area contributed by atoms with Crippen LogP contribution in [-0.2, 0) is 9.47 Å². The van der Waals surface area contributed by atoms with Gasteiger partial charge in [0.2, 0.25) is 0 Å². The SMILES string of the molecule is CCC(CC)N(CCO)CC1CCOCO1. The molecule has 1 N–H and O–H groups in total. The van der Waals surface area contributed by atoms with Crippen molar-refractivity contribution in [1.82, 2.24) is 4.90 Å². The molecule has 16 heavy (non-hydrogen) atoms. The van der Waals surface area contributed by atoms with Crippen molar-refractivity contribution in [2.75, 3.05) is 33.1 Å². The lowest BCUT2D eigenvalue weighted by Gasteiger charge is -2.34. The lowest BCUT2D eigenvalue weighted by molar-refractivity contribution is -0.147. The largest absolute Gasteiger partial charge is 0.395 e. The van der Waals surface area contributed by atoms with E-state index in [4.69, 9.17) is 14.6 Å². The summed E-state index contributed by atoms with van der Waals surface area (Å²) in [4.78, 5) is 2.34. The first-order valence-electron chi connectivity index (χ1n) is 6.36. The molecule has 1 saturated heterocycles. The first-order chi connectivity index (χ1) is 7.81. The van der Waals surface area contributed by atoms with E-state index in [1.54, 1.807) is 0 Å². The number of nitrogens with zero attached hydrogens (tertiary/aromatic N) is 1. The van der Waals surface area contributed by atoms with Gasteiger partial charge in [-0.2, -0.15) is 0 Å². The van der Waals surface area contributed by atoms with Crippen molar-refractivity contribution in [3.8, 4) is 0 Å². The Hall–Kier alpha value is -0.160. The standard InChI is InChI=1S/C12H25NO3/c1-3-11(4-2)13(6-7-14)9-12-5-8-15-10-16-12/h11-12,14H,3-10H2,1-2H3. The Kier molecular flexibility index (Phi) is 6.96. The van der Waals surface area contributed by atoms with Gasteiger partial charge in [-0.05, 0) is 19.3 Å². The van der Waals surface area contributed by atoms with Gasteiger partial charge in [0, 0.05) is 19.1 Å². The lowest BCUT2D eigenvalue weighted by atomic mass is 10.1. The second-order valence-electron chi connectivity index (χ2n) is 4.29. The van der Waals surface area contributed by atoms with E-state index in [1.807, 2.05) is 0 Å². The van der Waals surface area contributed by atoms with Crippen LogP contribution in [0.15, 0.2) is 0 Å². The summed E-state index contributed by atoms with van der Waals surface area (Å²) < 4.78 is 10.7. The van der Waals surface area contributed by atoms with Gasteiger partial charge in [0.25, 0.3) is 0 Å². The van der Waals surface area contributed by atoms with Gasteiger partial charge in [-0.3, -0.25) is 4.90 Å². The Morgan fingerprint density at radius 1 is 1.38 bits per heavy atom. The molecule has 0 bridgehead atoms. The van der Waals surface area contributed by atoms with E-state index in [1.165, 1.54) is 0 Å². The number of hydrogen-bond acceptors (Lipinski definition) is 4. The third-order valence-corrected chi connectivity index (χ3v) is 3.26. The summed E-state index contributed by atoms with van der Waals surface area (Å²) in [5.41, 5.74) is 0. The van der Waals surface area contributed by atoms with Crippen LogP contribution in [0.4, 0.5) is 0 Å². The Morgan fingerprint density at radius 2 is 2.12 bits per heavy atom. The average molecular weight is 231 g/mol. The van der Waals surface area contributed by atoms with E-state index < -0.39 is 0 Å². The minimum Gasteiger partial charge on any atom is -0.395 e. The van der Waals surface area contributed by atoms with E-state index in [2.05, 4.69) is 18.7 Å². The van der Waals surface area contributed by atoms with Crippen LogP contribution in [0.1, 0.15) is 33.1 Å². The maximum Gasteiger partial charge on any atom is 0.147 e. The van der Waals surface area contributed by atoms with Gasteiger partial charge in [-0.15, -0.1) is 0 Å². The summed E-state index contributed by atoms with van der Waals surface area (Å²) in [6, 6.07) is 0.554. The maximum absolute atomic E-state index is 9.10. The summed E-state index contributed by atoms with van der Waals surface area (Å²) in [6.07, 6.45) is 3.47.